The smallest absolute Gasteiger partial charge is 0.220 e. The first-order valence-electron chi connectivity index (χ1n) is 11.9. The van der Waals surface area contributed by atoms with Gasteiger partial charge in [0.15, 0.2) is 0 Å². The van der Waals surface area contributed by atoms with Crippen LogP contribution in [-0.2, 0) is 10.2 Å². The first kappa shape index (κ1) is 22.9. The van der Waals surface area contributed by atoms with Crippen LogP contribution in [0.4, 0.5) is 0 Å². The molecule has 1 amide bonds. The number of carbonyl (C=O) groups excluding carboxylic acids is 1. The number of amides is 1. The number of aromatic hydroxyl groups is 1. The highest BCUT2D eigenvalue weighted by Crippen LogP contribution is 2.39. The molecule has 2 N–H and O–H groups in total. The van der Waals surface area contributed by atoms with Gasteiger partial charge in [0.05, 0.1) is 7.11 Å². The van der Waals surface area contributed by atoms with E-state index in [0.29, 0.717) is 6.54 Å². The Morgan fingerprint density at radius 3 is 2.27 bits per heavy atom. The molecule has 172 valence electrons. The van der Waals surface area contributed by atoms with Crippen molar-refractivity contribution in [2.24, 2.45) is 0 Å². The van der Waals surface area contributed by atoms with Gasteiger partial charge in [-0.1, -0.05) is 79.9 Å². The van der Waals surface area contributed by atoms with Crippen molar-refractivity contribution in [1.29, 1.82) is 0 Å². The summed E-state index contributed by atoms with van der Waals surface area (Å²) in [7, 11) is 1.64. The molecule has 4 nitrogen and oxygen atoms in total. The average molecular weight is 444 g/mol. The molecule has 1 aliphatic carbocycles. The molecule has 3 aromatic carbocycles. The number of para-hydroxylation sites is 1. The zero-order chi connectivity index (χ0) is 23.1. The number of benzene rings is 3. The van der Waals surface area contributed by atoms with Crippen molar-refractivity contribution in [2.75, 3.05) is 13.7 Å². The summed E-state index contributed by atoms with van der Waals surface area (Å²) in [5.74, 6) is 0.733. The molecular formula is C29H33NO3. The molecule has 1 saturated carbocycles. The van der Waals surface area contributed by atoms with Crippen LogP contribution in [0.25, 0.3) is 0 Å². The van der Waals surface area contributed by atoms with Gasteiger partial charge in [-0.15, -0.1) is 0 Å². The number of ether oxygens (including phenoxy) is 1. The summed E-state index contributed by atoms with van der Waals surface area (Å²) in [5.41, 5.74) is 3.05. The van der Waals surface area contributed by atoms with Gasteiger partial charge in [0.25, 0.3) is 0 Å². The average Bonchev–Trinajstić information content (AvgIpc) is 2.88. The van der Waals surface area contributed by atoms with E-state index in [1.165, 1.54) is 24.8 Å². The Kier molecular flexibility index (Phi) is 7.33. The zero-order valence-electron chi connectivity index (χ0n) is 19.3. The predicted octanol–water partition coefficient (Wildman–Crippen LogP) is 5.94. The lowest BCUT2D eigenvalue weighted by atomic mass is 9.69. The Hall–Kier alpha value is -3.27. The molecule has 0 unspecified atom stereocenters. The Labute approximate surface area is 196 Å². The molecule has 0 aliphatic heterocycles. The third kappa shape index (κ3) is 5.39. The Bertz CT molecular complexity index is 1040. The van der Waals surface area contributed by atoms with Gasteiger partial charge < -0.3 is 15.2 Å². The second kappa shape index (κ2) is 10.6. The minimum absolute atomic E-state index is 0.0000456. The first-order valence-corrected chi connectivity index (χ1v) is 11.9. The van der Waals surface area contributed by atoms with Gasteiger partial charge in [-0.05, 0) is 42.2 Å². The van der Waals surface area contributed by atoms with Crippen LogP contribution in [0.2, 0.25) is 0 Å². The summed E-state index contributed by atoms with van der Waals surface area (Å²) in [6.07, 6.45) is 6.11. The van der Waals surface area contributed by atoms with Crippen molar-refractivity contribution in [3.05, 3.63) is 95.6 Å². The SMILES string of the molecule is COc1ccc([C@@H](CC(=O)NCC2(c3ccccc3)CCCCC2)c2ccccc2O)cc1. The van der Waals surface area contributed by atoms with E-state index in [0.717, 1.165) is 29.7 Å². The largest absolute Gasteiger partial charge is 0.508 e. The fraction of sp³-hybridized carbons (Fsp3) is 0.345. The Balaban J connectivity index is 1.53. The van der Waals surface area contributed by atoms with Gasteiger partial charge >= 0.3 is 0 Å². The van der Waals surface area contributed by atoms with Gasteiger partial charge in [-0.2, -0.15) is 0 Å². The monoisotopic (exact) mass is 443 g/mol. The van der Waals surface area contributed by atoms with Crippen LogP contribution in [0.1, 0.15) is 61.1 Å². The van der Waals surface area contributed by atoms with Gasteiger partial charge in [0, 0.05) is 29.9 Å². The highest BCUT2D eigenvalue weighted by molar-refractivity contribution is 5.78. The van der Waals surface area contributed by atoms with Crippen LogP contribution in [0.5, 0.6) is 11.5 Å². The van der Waals surface area contributed by atoms with E-state index in [1.54, 1.807) is 19.2 Å². The van der Waals surface area contributed by atoms with Crippen LogP contribution < -0.4 is 10.1 Å². The molecule has 0 bridgehead atoms. The minimum Gasteiger partial charge on any atom is -0.508 e. The number of rotatable bonds is 8. The van der Waals surface area contributed by atoms with Crippen LogP contribution >= 0.6 is 0 Å². The third-order valence-electron chi connectivity index (χ3n) is 7.04. The molecule has 1 fully saturated rings. The van der Waals surface area contributed by atoms with Crippen molar-refractivity contribution in [3.63, 3.8) is 0 Å². The molecule has 0 spiro atoms. The lowest BCUT2D eigenvalue weighted by Gasteiger charge is -2.38. The van der Waals surface area contributed by atoms with E-state index < -0.39 is 0 Å². The highest BCUT2D eigenvalue weighted by Gasteiger charge is 2.34. The molecule has 0 heterocycles. The summed E-state index contributed by atoms with van der Waals surface area (Å²) in [4.78, 5) is 13.2. The standard InChI is InChI=1S/C29H33NO3/c1-33-24-16-14-22(15-17-24)26(25-12-6-7-13-27(25)31)20-28(32)30-21-29(18-8-3-9-19-29)23-10-4-2-5-11-23/h2,4-7,10-17,26,31H,3,8-9,18-21H2,1H3,(H,30,32)/t26-/m1/s1. The Morgan fingerprint density at radius 2 is 1.61 bits per heavy atom. The molecule has 1 atom stereocenters. The van der Waals surface area contributed by atoms with Crippen LogP contribution in [0, 0.1) is 0 Å². The van der Waals surface area contributed by atoms with E-state index in [9.17, 15) is 9.90 Å². The van der Waals surface area contributed by atoms with Gasteiger partial charge in [0.2, 0.25) is 5.91 Å². The summed E-state index contributed by atoms with van der Waals surface area (Å²) < 4.78 is 5.29. The fourth-order valence-electron chi connectivity index (χ4n) is 5.14. The number of hydrogen-bond donors (Lipinski definition) is 2. The number of phenolic OH excluding ortho intramolecular Hbond substituents is 1. The summed E-state index contributed by atoms with van der Waals surface area (Å²) in [6.45, 7) is 0.645. The maximum atomic E-state index is 13.2. The van der Waals surface area contributed by atoms with E-state index in [2.05, 4.69) is 29.6 Å². The van der Waals surface area contributed by atoms with E-state index in [1.807, 2.05) is 42.5 Å². The molecule has 4 heteroatoms. The maximum absolute atomic E-state index is 13.2. The second-order valence-electron chi connectivity index (χ2n) is 9.07. The van der Waals surface area contributed by atoms with Crippen LogP contribution in [-0.4, -0.2) is 24.7 Å². The van der Waals surface area contributed by atoms with Crippen LogP contribution in [0.15, 0.2) is 78.9 Å². The summed E-state index contributed by atoms with van der Waals surface area (Å²) in [6, 6.07) is 25.6. The fourth-order valence-corrected chi connectivity index (χ4v) is 5.14. The minimum atomic E-state index is -0.240. The zero-order valence-corrected chi connectivity index (χ0v) is 19.3. The van der Waals surface area contributed by atoms with Crippen molar-refractivity contribution in [3.8, 4) is 11.5 Å². The number of hydrogen-bond acceptors (Lipinski definition) is 3. The molecule has 33 heavy (non-hydrogen) atoms. The topological polar surface area (TPSA) is 58.6 Å². The van der Waals surface area contributed by atoms with Crippen molar-refractivity contribution in [1.82, 2.24) is 5.32 Å². The van der Waals surface area contributed by atoms with Crippen molar-refractivity contribution in [2.45, 2.75) is 49.9 Å². The van der Waals surface area contributed by atoms with Gasteiger partial charge in [-0.25, -0.2) is 0 Å². The van der Waals surface area contributed by atoms with Gasteiger partial charge in [0.1, 0.15) is 11.5 Å². The number of carbonyl (C=O) groups is 1. The summed E-state index contributed by atoms with van der Waals surface area (Å²) in [5, 5.41) is 13.8. The quantitative estimate of drug-likeness (QED) is 0.453. The molecule has 4 rings (SSSR count). The second-order valence-corrected chi connectivity index (χ2v) is 9.07. The number of phenols is 1. The van der Waals surface area contributed by atoms with Crippen LogP contribution in [0.3, 0.4) is 0 Å². The normalized spacial score (nSPS) is 16.0. The molecule has 3 aromatic rings. The summed E-state index contributed by atoms with van der Waals surface area (Å²) >= 11 is 0. The van der Waals surface area contributed by atoms with Crippen molar-refractivity contribution < 1.29 is 14.6 Å². The maximum Gasteiger partial charge on any atom is 0.220 e. The Morgan fingerprint density at radius 1 is 0.939 bits per heavy atom. The molecule has 1 aliphatic rings. The van der Waals surface area contributed by atoms with Gasteiger partial charge in [-0.3, -0.25) is 4.79 Å². The highest BCUT2D eigenvalue weighted by atomic mass is 16.5. The molecule has 0 radical (unpaired) electrons. The molecule has 0 saturated heterocycles. The lowest BCUT2D eigenvalue weighted by Crippen LogP contribution is -2.42. The van der Waals surface area contributed by atoms with E-state index in [-0.39, 0.29) is 29.4 Å². The number of nitrogens with one attached hydrogen (secondary N) is 1. The molecule has 0 aromatic heterocycles. The van der Waals surface area contributed by atoms with Crippen molar-refractivity contribution >= 4 is 5.91 Å². The third-order valence-corrected chi connectivity index (χ3v) is 7.04. The first-order chi connectivity index (χ1) is 16.1. The molecular weight excluding hydrogens is 410 g/mol. The van der Waals surface area contributed by atoms with E-state index in [4.69, 9.17) is 4.74 Å². The van der Waals surface area contributed by atoms with E-state index >= 15 is 0 Å². The number of methoxy groups -OCH3 is 1. The lowest BCUT2D eigenvalue weighted by molar-refractivity contribution is -0.121. The predicted molar refractivity (Wildman–Crippen MR) is 132 cm³/mol.